The second kappa shape index (κ2) is 6.57. The van der Waals surface area contributed by atoms with Crippen LogP contribution < -0.4 is 5.32 Å². The molecule has 0 aliphatic rings. The van der Waals surface area contributed by atoms with Gasteiger partial charge < -0.3 is 5.32 Å². The fraction of sp³-hybridized carbons (Fsp3) is 0.0714. The summed E-state index contributed by atoms with van der Waals surface area (Å²) in [5, 5.41) is 23.4. The smallest absolute Gasteiger partial charge is 0.270 e. The van der Waals surface area contributed by atoms with E-state index in [1.54, 1.807) is 24.3 Å². The molecule has 0 spiro atoms. The summed E-state index contributed by atoms with van der Waals surface area (Å²) in [5.41, 5.74) is 1.78. The van der Waals surface area contributed by atoms with Gasteiger partial charge in [-0.3, -0.25) is 10.1 Å². The molecule has 0 radical (unpaired) electrons. The molecule has 2 aromatic rings. The highest BCUT2D eigenvalue weighted by atomic mass is 79.9. The highest BCUT2D eigenvalue weighted by Crippen LogP contribution is 2.24. The summed E-state index contributed by atoms with van der Waals surface area (Å²) in [4.78, 5) is 10.4. The number of hydrogen-bond donors (Lipinski definition) is 1. The number of nitrogens with zero attached hydrogens (tertiary/aromatic N) is 2. The topological polar surface area (TPSA) is 79.0 Å². The molecule has 0 aromatic heterocycles. The standard InChI is InChI=1S/C14H9BrClN3O2/c15-11-3-9(4-13(5-11)19(20)21)8-18-14-6-12(16)2-1-10(14)7-17/h1-6,18H,8H2. The first-order valence-corrected chi connectivity index (χ1v) is 7.04. The Kier molecular flexibility index (Phi) is 4.78. The number of nitrogens with one attached hydrogen (secondary N) is 1. The molecule has 2 rings (SSSR count). The van der Waals surface area contributed by atoms with Crippen molar-refractivity contribution in [3.8, 4) is 6.07 Å². The highest BCUT2D eigenvalue weighted by Gasteiger charge is 2.09. The minimum atomic E-state index is -0.450. The lowest BCUT2D eigenvalue weighted by Crippen LogP contribution is -2.02. The average Bonchev–Trinajstić information content (AvgIpc) is 2.44. The van der Waals surface area contributed by atoms with Gasteiger partial charge in [-0.25, -0.2) is 0 Å². The summed E-state index contributed by atoms with van der Waals surface area (Å²) >= 11 is 9.14. The molecule has 0 saturated carbocycles. The molecule has 1 N–H and O–H groups in total. The van der Waals surface area contributed by atoms with E-state index < -0.39 is 4.92 Å². The molecule has 0 bridgehead atoms. The van der Waals surface area contributed by atoms with Crippen LogP contribution in [0.4, 0.5) is 11.4 Å². The minimum absolute atomic E-state index is 0.00720. The quantitative estimate of drug-likeness (QED) is 0.638. The molecule has 0 aliphatic carbocycles. The fourth-order valence-electron chi connectivity index (χ4n) is 1.80. The maximum Gasteiger partial charge on any atom is 0.270 e. The van der Waals surface area contributed by atoms with Crippen LogP contribution in [-0.4, -0.2) is 4.92 Å². The number of non-ortho nitro benzene ring substituents is 1. The van der Waals surface area contributed by atoms with E-state index in [-0.39, 0.29) is 5.69 Å². The van der Waals surface area contributed by atoms with Gasteiger partial charge in [0.2, 0.25) is 0 Å². The van der Waals surface area contributed by atoms with Gasteiger partial charge in [0.25, 0.3) is 5.69 Å². The van der Waals surface area contributed by atoms with E-state index in [0.29, 0.717) is 27.3 Å². The third kappa shape index (κ3) is 3.94. The number of nitro groups is 1. The van der Waals surface area contributed by atoms with Crippen molar-refractivity contribution in [1.29, 1.82) is 5.26 Å². The number of nitro benzene ring substituents is 1. The Balaban J connectivity index is 2.23. The van der Waals surface area contributed by atoms with Crippen molar-refractivity contribution in [3.05, 3.63) is 67.1 Å². The second-order valence-electron chi connectivity index (χ2n) is 4.23. The normalized spacial score (nSPS) is 9.95. The van der Waals surface area contributed by atoms with Gasteiger partial charge in [0.15, 0.2) is 0 Å². The number of rotatable bonds is 4. The van der Waals surface area contributed by atoms with Crippen molar-refractivity contribution < 1.29 is 4.92 Å². The summed E-state index contributed by atoms with van der Waals surface area (Å²) in [5.74, 6) is 0. The first-order valence-electron chi connectivity index (χ1n) is 5.87. The summed E-state index contributed by atoms with van der Waals surface area (Å²) in [6.07, 6.45) is 0. The first kappa shape index (κ1) is 15.3. The third-order valence-corrected chi connectivity index (χ3v) is 3.43. The maximum atomic E-state index is 10.8. The first-order chi connectivity index (χ1) is 9.99. The lowest BCUT2D eigenvalue weighted by atomic mass is 10.1. The second-order valence-corrected chi connectivity index (χ2v) is 5.58. The van der Waals surface area contributed by atoms with Crippen LogP contribution >= 0.6 is 27.5 Å². The predicted octanol–water partition coefficient (Wildman–Crippen LogP) is 4.49. The van der Waals surface area contributed by atoms with E-state index in [1.165, 1.54) is 12.1 Å². The zero-order chi connectivity index (χ0) is 15.4. The van der Waals surface area contributed by atoms with Crippen LogP contribution in [0.5, 0.6) is 0 Å². The lowest BCUT2D eigenvalue weighted by Gasteiger charge is -2.09. The van der Waals surface area contributed by atoms with Gasteiger partial charge in [0.1, 0.15) is 6.07 Å². The summed E-state index contributed by atoms with van der Waals surface area (Å²) in [6, 6.07) is 11.6. The van der Waals surface area contributed by atoms with Crippen molar-refractivity contribution in [1.82, 2.24) is 0 Å². The zero-order valence-corrected chi connectivity index (χ0v) is 13.0. The number of halogens is 2. The van der Waals surface area contributed by atoms with E-state index in [2.05, 4.69) is 27.3 Å². The van der Waals surface area contributed by atoms with E-state index in [1.807, 2.05) is 0 Å². The monoisotopic (exact) mass is 365 g/mol. The molecule has 7 heteroatoms. The van der Waals surface area contributed by atoms with Crippen LogP contribution in [0.3, 0.4) is 0 Å². The largest absolute Gasteiger partial charge is 0.380 e. The van der Waals surface area contributed by atoms with Gasteiger partial charge in [0, 0.05) is 28.2 Å². The molecule has 0 aliphatic heterocycles. The maximum absolute atomic E-state index is 10.8. The Morgan fingerprint density at radius 2 is 2.10 bits per heavy atom. The molecule has 2 aromatic carbocycles. The fourth-order valence-corrected chi connectivity index (χ4v) is 2.50. The predicted molar refractivity (Wildman–Crippen MR) is 84.3 cm³/mol. The van der Waals surface area contributed by atoms with Crippen molar-refractivity contribution in [2.45, 2.75) is 6.54 Å². The van der Waals surface area contributed by atoms with Gasteiger partial charge in [-0.1, -0.05) is 27.5 Å². The van der Waals surface area contributed by atoms with E-state index in [9.17, 15) is 10.1 Å². The van der Waals surface area contributed by atoms with Gasteiger partial charge in [-0.15, -0.1) is 0 Å². The molecule has 5 nitrogen and oxygen atoms in total. The van der Waals surface area contributed by atoms with E-state index in [4.69, 9.17) is 16.9 Å². The number of nitriles is 1. The Morgan fingerprint density at radius 1 is 1.33 bits per heavy atom. The van der Waals surface area contributed by atoms with Crippen LogP contribution in [0, 0.1) is 21.4 Å². The number of anilines is 1. The molecular weight excluding hydrogens is 358 g/mol. The Morgan fingerprint density at radius 3 is 2.76 bits per heavy atom. The van der Waals surface area contributed by atoms with Crippen molar-refractivity contribution >= 4 is 38.9 Å². The summed E-state index contributed by atoms with van der Waals surface area (Å²) < 4.78 is 0.625. The van der Waals surface area contributed by atoms with Crippen molar-refractivity contribution in [2.75, 3.05) is 5.32 Å². The van der Waals surface area contributed by atoms with Crippen LogP contribution in [0.1, 0.15) is 11.1 Å². The molecule has 21 heavy (non-hydrogen) atoms. The molecule has 0 saturated heterocycles. The Bertz CT molecular complexity index is 743. The van der Waals surface area contributed by atoms with Gasteiger partial charge >= 0.3 is 0 Å². The van der Waals surface area contributed by atoms with E-state index in [0.717, 1.165) is 5.56 Å². The van der Waals surface area contributed by atoms with Crippen LogP contribution in [0.15, 0.2) is 40.9 Å². The van der Waals surface area contributed by atoms with Crippen molar-refractivity contribution in [3.63, 3.8) is 0 Å². The molecule has 0 atom stereocenters. The molecule has 0 fully saturated rings. The van der Waals surface area contributed by atoms with Gasteiger partial charge in [-0.05, 0) is 29.8 Å². The number of benzene rings is 2. The molecule has 0 unspecified atom stereocenters. The lowest BCUT2D eigenvalue weighted by molar-refractivity contribution is -0.385. The summed E-state index contributed by atoms with van der Waals surface area (Å²) in [7, 11) is 0. The van der Waals surface area contributed by atoms with Crippen LogP contribution in [-0.2, 0) is 6.54 Å². The molecular formula is C14H9BrClN3O2. The Hall–Kier alpha value is -2.10. The third-order valence-electron chi connectivity index (χ3n) is 2.74. The van der Waals surface area contributed by atoms with Crippen LogP contribution in [0.25, 0.3) is 0 Å². The highest BCUT2D eigenvalue weighted by molar-refractivity contribution is 9.10. The van der Waals surface area contributed by atoms with Crippen molar-refractivity contribution in [2.24, 2.45) is 0 Å². The van der Waals surface area contributed by atoms with Crippen LogP contribution in [0.2, 0.25) is 5.02 Å². The SMILES string of the molecule is N#Cc1ccc(Cl)cc1NCc1cc(Br)cc([N+](=O)[O-])c1. The minimum Gasteiger partial charge on any atom is -0.380 e. The molecule has 0 heterocycles. The number of hydrogen-bond acceptors (Lipinski definition) is 4. The average molecular weight is 367 g/mol. The van der Waals surface area contributed by atoms with Gasteiger partial charge in [0.05, 0.1) is 16.2 Å². The summed E-state index contributed by atoms with van der Waals surface area (Å²) in [6.45, 7) is 0.343. The van der Waals surface area contributed by atoms with E-state index >= 15 is 0 Å². The zero-order valence-electron chi connectivity index (χ0n) is 10.6. The molecule has 0 amide bonds. The molecule has 106 valence electrons. The van der Waals surface area contributed by atoms with Gasteiger partial charge in [-0.2, -0.15) is 5.26 Å². The Labute approximate surface area is 134 Å².